The second-order valence-electron chi connectivity index (χ2n) is 6.20. The van der Waals surface area contributed by atoms with Crippen LogP contribution in [0, 0.1) is 11.3 Å². The maximum absolute atomic E-state index is 11.0. The predicted octanol–water partition coefficient (Wildman–Crippen LogP) is 5.76. The van der Waals surface area contributed by atoms with Gasteiger partial charge >= 0.3 is 0 Å². The van der Waals surface area contributed by atoms with Crippen molar-refractivity contribution in [3.63, 3.8) is 0 Å². The first-order valence-corrected chi connectivity index (χ1v) is 8.62. The number of benzene rings is 4. The van der Waals surface area contributed by atoms with Gasteiger partial charge in [0.15, 0.2) is 0 Å². The lowest BCUT2D eigenvalue weighted by Crippen LogP contribution is -1.95. The second-order valence-corrected chi connectivity index (χ2v) is 6.20. The fourth-order valence-electron chi connectivity index (χ4n) is 3.56. The van der Waals surface area contributed by atoms with E-state index in [0.29, 0.717) is 11.1 Å². The minimum Gasteiger partial charge on any atom is -0.506 e. The quantitative estimate of drug-likeness (QED) is 0.510. The van der Waals surface area contributed by atoms with Gasteiger partial charge in [-0.25, -0.2) is 0 Å². The Hall–Kier alpha value is -3.77. The van der Waals surface area contributed by atoms with Crippen molar-refractivity contribution in [1.29, 1.82) is 5.26 Å². The van der Waals surface area contributed by atoms with E-state index < -0.39 is 0 Å². The fraction of sp³-hybridized carbons (Fsp3) is 0.0417. The molecule has 0 saturated heterocycles. The van der Waals surface area contributed by atoms with Crippen molar-refractivity contribution in [2.75, 3.05) is 7.11 Å². The number of aromatic hydroxyl groups is 1. The monoisotopic (exact) mass is 351 g/mol. The molecule has 27 heavy (non-hydrogen) atoms. The summed E-state index contributed by atoms with van der Waals surface area (Å²) in [5, 5.41) is 22.3. The number of nitriles is 1. The summed E-state index contributed by atoms with van der Waals surface area (Å²) in [4.78, 5) is 0. The summed E-state index contributed by atoms with van der Waals surface area (Å²) in [7, 11) is 1.56. The normalized spacial score (nSPS) is 10.5. The first-order valence-electron chi connectivity index (χ1n) is 8.62. The van der Waals surface area contributed by atoms with Crippen LogP contribution in [0.15, 0.2) is 78.9 Å². The third-order valence-corrected chi connectivity index (χ3v) is 4.73. The van der Waals surface area contributed by atoms with Crippen molar-refractivity contribution in [3.8, 4) is 39.8 Å². The Morgan fingerprint density at radius 1 is 0.778 bits per heavy atom. The number of rotatable bonds is 3. The van der Waals surface area contributed by atoms with Crippen LogP contribution in [0.4, 0.5) is 0 Å². The molecule has 0 spiro atoms. The minimum atomic E-state index is -0.0523. The zero-order valence-corrected chi connectivity index (χ0v) is 14.8. The van der Waals surface area contributed by atoms with Gasteiger partial charge < -0.3 is 9.84 Å². The molecule has 0 aliphatic carbocycles. The third kappa shape index (κ3) is 2.68. The lowest BCUT2D eigenvalue weighted by molar-refractivity contribution is 0.416. The summed E-state index contributed by atoms with van der Waals surface area (Å²) in [5.74, 6) is 0.488. The molecule has 0 aliphatic rings. The van der Waals surface area contributed by atoms with Crippen LogP contribution in [0.2, 0.25) is 0 Å². The summed E-state index contributed by atoms with van der Waals surface area (Å²) >= 11 is 0. The third-order valence-electron chi connectivity index (χ3n) is 4.73. The Bertz CT molecular complexity index is 1160. The van der Waals surface area contributed by atoms with Crippen LogP contribution in [0.1, 0.15) is 5.56 Å². The highest BCUT2D eigenvalue weighted by Crippen LogP contribution is 2.48. The van der Waals surface area contributed by atoms with Crippen molar-refractivity contribution in [1.82, 2.24) is 0 Å². The lowest BCUT2D eigenvalue weighted by Gasteiger charge is -2.19. The molecule has 0 fully saturated rings. The Kier molecular flexibility index (Phi) is 4.24. The Morgan fingerprint density at radius 3 is 1.93 bits per heavy atom. The molecule has 3 nitrogen and oxygen atoms in total. The van der Waals surface area contributed by atoms with Crippen molar-refractivity contribution in [2.24, 2.45) is 0 Å². The molecular formula is C24H17NO2. The van der Waals surface area contributed by atoms with Crippen molar-refractivity contribution >= 4 is 10.8 Å². The summed E-state index contributed by atoms with van der Waals surface area (Å²) in [6.45, 7) is 0. The van der Waals surface area contributed by atoms with Gasteiger partial charge in [-0.3, -0.25) is 0 Å². The van der Waals surface area contributed by atoms with Crippen LogP contribution < -0.4 is 4.74 Å². The first kappa shape index (κ1) is 16.7. The van der Waals surface area contributed by atoms with E-state index in [1.54, 1.807) is 13.2 Å². The van der Waals surface area contributed by atoms with Crippen LogP contribution in [0.5, 0.6) is 11.5 Å². The van der Waals surface area contributed by atoms with Crippen LogP contribution in [0.25, 0.3) is 33.0 Å². The zero-order chi connectivity index (χ0) is 18.8. The molecule has 0 saturated carbocycles. The number of phenols is 1. The van der Waals surface area contributed by atoms with Gasteiger partial charge in [0.05, 0.1) is 12.5 Å². The number of hydrogen-bond acceptors (Lipinski definition) is 3. The molecule has 0 radical (unpaired) electrons. The molecule has 0 heterocycles. The standard InChI is InChI=1S/C24H17NO2/c1-27-20-14-8-13-18-21(16-9-4-2-5-10-16)22(17-11-6-3-7-12-17)19(15-25)24(26)23(18)20/h2-14,26H,1H3. The molecule has 3 heteroatoms. The summed E-state index contributed by atoms with van der Waals surface area (Å²) in [6, 6.07) is 27.5. The minimum absolute atomic E-state index is 0.0523. The number of phenolic OH excluding ortho intramolecular Hbond substituents is 1. The lowest BCUT2D eigenvalue weighted by atomic mass is 9.85. The van der Waals surface area contributed by atoms with Gasteiger partial charge in [0, 0.05) is 5.56 Å². The van der Waals surface area contributed by atoms with Crippen molar-refractivity contribution in [2.45, 2.75) is 0 Å². The molecule has 4 aromatic rings. The van der Waals surface area contributed by atoms with Gasteiger partial charge in [-0.05, 0) is 28.1 Å². The Labute approximate surface area is 157 Å². The molecule has 4 aromatic carbocycles. The molecule has 0 atom stereocenters. The van der Waals surface area contributed by atoms with Crippen LogP contribution in [-0.4, -0.2) is 12.2 Å². The van der Waals surface area contributed by atoms with Crippen molar-refractivity contribution in [3.05, 3.63) is 84.4 Å². The van der Waals surface area contributed by atoms with E-state index in [2.05, 4.69) is 6.07 Å². The summed E-state index contributed by atoms with van der Waals surface area (Å²) in [5.41, 5.74) is 3.74. The molecule has 4 rings (SSSR count). The van der Waals surface area contributed by atoms with Gasteiger partial charge in [0.25, 0.3) is 0 Å². The number of hydrogen-bond donors (Lipinski definition) is 1. The Balaban J connectivity index is 2.27. The molecule has 0 amide bonds. The molecule has 0 bridgehead atoms. The van der Waals surface area contributed by atoms with Gasteiger partial charge in [-0.1, -0.05) is 72.8 Å². The van der Waals surface area contributed by atoms with E-state index in [9.17, 15) is 10.4 Å². The number of methoxy groups -OCH3 is 1. The largest absolute Gasteiger partial charge is 0.506 e. The first-order chi connectivity index (χ1) is 13.3. The molecule has 0 aliphatic heterocycles. The average Bonchev–Trinajstić information content (AvgIpc) is 2.74. The molecule has 0 unspecified atom stereocenters. The van der Waals surface area contributed by atoms with Crippen LogP contribution >= 0.6 is 0 Å². The van der Waals surface area contributed by atoms with Gasteiger partial charge in [0.2, 0.25) is 0 Å². The van der Waals surface area contributed by atoms with E-state index >= 15 is 0 Å². The SMILES string of the molecule is COc1cccc2c(-c3ccccc3)c(-c3ccccc3)c(C#N)c(O)c12. The van der Waals surface area contributed by atoms with Crippen LogP contribution in [-0.2, 0) is 0 Å². The number of nitrogens with zero attached hydrogens (tertiary/aromatic N) is 1. The highest BCUT2D eigenvalue weighted by Gasteiger charge is 2.23. The molecule has 1 N–H and O–H groups in total. The predicted molar refractivity (Wildman–Crippen MR) is 108 cm³/mol. The average molecular weight is 351 g/mol. The molecule has 130 valence electrons. The van der Waals surface area contributed by atoms with E-state index in [0.717, 1.165) is 27.6 Å². The fourth-order valence-corrected chi connectivity index (χ4v) is 3.56. The number of fused-ring (bicyclic) bond motifs is 1. The topological polar surface area (TPSA) is 53.2 Å². The number of ether oxygens (including phenoxy) is 1. The van der Waals surface area contributed by atoms with Crippen LogP contribution in [0.3, 0.4) is 0 Å². The maximum Gasteiger partial charge on any atom is 0.145 e. The van der Waals surface area contributed by atoms with Gasteiger partial charge in [0.1, 0.15) is 23.1 Å². The highest BCUT2D eigenvalue weighted by atomic mass is 16.5. The van der Waals surface area contributed by atoms with E-state index in [1.165, 1.54) is 0 Å². The zero-order valence-electron chi connectivity index (χ0n) is 14.8. The summed E-state index contributed by atoms with van der Waals surface area (Å²) in [6.07, 6.45) is 0. The maximum atomic E-state index is 11.0. The van der Waals surface area contributed by atoms with Gasteiger partial charge in [-0.15, -0.1) is 0 Å². The molecular weight excluding hydrogens is 334 g/mol. The highest BCUT2D eigenvalue weighted by molar-refractivity contribution is 6.11. The molecule has 0 aromatic heterocycles. The van der Waals surface area contributed by atoms with Gasteiger partial charge in [-0.2, -0.15) is 5.26 Å². The van der Waals surface area contributed by atoms with E-state index in [1.807, 2.05) is 72.8 Å². The summed E-state index contributed by atoms with van der Waals surface area (Å²) < 4.78 is 5.47. The van der Waals surface area contributed by atoms with E-state index in [4.69, 9.17) is 4.74 Å². The van der Waals surface area contributed by atoms with E-state index in [-0.39, 0.29) is 11.3 Å². The smallest absolute Gasteiger partial charge is 0.145 e. The van der Waals surface area contributed by atoms with Crippen molar-refractivity contribution < 1.29 is 9.84 Å². The Morgan fingerprint density at radius 2 is 1.37 bits per heavy atom. The second kappa shape index (κ2) is 6.86.